The van der Waals surface area contributed by atoms with Crippen LogP contribution in [-0.2, 0) is 4.74 Å². The Kier molecular flexibility index (Phi) is 5.95. The monoisotopic (exact) mass is 340 g/mol. The second kappa shape index (κ2) is 8.58. The Morgan fingerprint density at radius 2 is 1.96 bits per heavy atom. The summed E-state index contributed by atoms with van der Waals surface area (Å²) in [6.07, 6.45) is 3.09. The molecule has 1 N–H and O–H groups in total. The van der Waals surface area contributed by atoms with Crippen LogP contribution in [0.15, 0.2) is 36.4 Å². The highest BCUT2D eigenvalue weighted by molar-refractivity contribution is 5.93. The van der Waals surface area contributed by atoms with Crippen LogP contribution in [0.4, 0.5) is 5.82 Å². The number of anilines is 1. The third kappa shape index (κ3) is 4.54. The van der Waals surface area contributed by atoms with Crippen molar-refractivity contribution in [3.05, 3.63) is 42.1 Å². The van der Waals surface area contributed by atoms with Crippen molar-refractivity contribution >= 4 is 11.7 Å². The van der Waals surface area contributed by atoms with Crippen LogP contribution < -0.4 is 10.2 Å². The van der Waals surface area contributed by atoms with Gasteiger partial charge in [-0.25, -0.2) is 9.97 Å². The lowest BCUT2D eigenvalue weighted by molar-refractivity contribution is 0.0943. The molecule has 132 valence electrons. The molecule has 0 aliphatic carbocycles. The summed E-state index contributed by atoms with van der Waals surface area (Å²) < 4.78 is 5.01. The van der Waals surface area contributed by atoms with Gasteiger partial charge in [0.15, 0.2) is 5.82 Å². The van der Waals surface area contributed by atoms with Gasteiger partial charge in [0.05, 0.1) is 0 Å². The van der Waals surface area contributed by atoms with Crippen LogP contribution in [0.5, 0.6) is 0 Å². The number of aromatic nitrogens is 2. The number of carbonyl (C=O) groups is 1. The molecule has 1 aliphatic heterocycles. The Balaban J connectivity index is 1.85. The van der Waals surface area contributed by atoms with Gasteiger partial charge in [-0.15, -0.1) is 0 Å². The number of nitrogens with one attached hydrogen (secondary N) is 1. The highest BCUT2D eigenvalue weighted by Gasteiger charge is 2.18. The normalized spacial score (nSPS) is 13.9. The van der Waals surface area contributed by atoms with Gasteiger partial charge in [0, 0.05) is 45.0 Å². The molecule has 6 nitrogen and oxygen atoms in total. The molecule has 0 saturated carbocycles. The van der Waals surface area contributed by atoms with Crippen molar-refractivity contribution in [1.82, 2.24) is 15.3 Å². The first-order valence-electron chi connectivity index (χ1n) is 8.74. The van der Waals surface area contributed by atoms with Crippen molar-refractivity contribution in [3.63, 3.8) is 0 Å². The van der Waals surface area contributed by atoms with E-state index in [4.69, 9.17) is 9.72 Å². The summed E-state index contributed by atoms with van der Waals surface area (Å²) >= 11 is 0. The summed E-state index contributed by atoms with van der Waals surface area (Å²) in [5.41, 5.74) is 1.32. The Labute approximate surface area is 148 Å². The summed E-state index contributed by atoms with van der Waals surface area (Å²) in [6, 6.07) is 11.6. The van der Waals surface area contributed by atoms with E-state index in [0.29, 0.717) is 24.7 Å². The summed E-state index contributed by atoms with van der Waals surface area (Å²) in [5, 5.41) is 2.90. The highest BCUT2D eigenvalue weighted by atomic mass is 16.5. The second-order valence-corrected chi connectivity index (χ2v) is 6.10. The predicted octanol–water partition coefficient (Wildman–Crippen LogP) is 2.51. The summed E-state index contributed by atoms with van der Waals surface area (Å²) in [6.45, 7) is 3.13. The molecule has 0 unspecified atom stereocenters. The van der Waals surface area contributed by atoms with Crippen LogP contribution in [0.1, 0.15) is 29.8 Å². The first-order valence-corrected chi connectivity index (χ1v) is 8.74. The van der Waals surface area contributed by atoms with E-state index in [1.165, 1.54) is 0 Å². The van der Waals surface area contributed by atoms with Gasteiger partial charge < -0.3 is 15.0 Å². The van der Waals surface area contributed by atoms with Gasteiger partial charge in [-0.1, -0.05) is 30.3 Å². The van der Waals surface area contributed by atoms with Crippen LogP contribution in [0.25, 0.3) is 11.4 Å². The molecular formula is C19H24N4O2. The summed E-state index contributed by atoms with van der Waals surface area (Å²) in [5.74, 6) is 1.25. The van der Waals surface area contributed by atoms with Crippen LogP contribution in [0.2, 0.25) is 0 Å². The molecule has 6 heteroatoms. The van der Waals surface area contributed by atoms with Gasteiger partial charge in [0.1, 0.15) is 11.5 Å². The lowest BCUT2D eigenvalue weighted by atomic mass is 10.2. The van der Waals surface area contributed by atoms with Gasteiger partial charge in [-0.3, -0.25) is 4.79 Å². The van der Waals surface area contributed by atoms with Gasteiger partial charge in [0.2, 0.25) is 0 Å². The molecule has 1 amide bonds. The number of ether oxygens (including phenoxy) is 1. The Morgan fingerprint density at radius 3 is 2.68 bits per heavy atom. The molecule has 0 atom stereocenters. The summed E-state index contributed by atoms with van der Waals surface area (Å²) in [7, 11) is 1.65. The van der Waals surface area contributed by atoms with E-state index in [0.717, 1.165) is 43.7 Å². The number of hydrogen-bond donors (Lipinski definition) is 1. The van der Waals surface area contributed by atoms with E-state index in [-0.39, 0.29) is 5.91 Å². The first-order chi connectivity index (χ1) is 12.3. The molecular weight excluding hydrogens is 316 g/mol. The quantitative estimate of drug-likeness (QED) is 0.785. The summed E-state index contributed by atoms with van der Waals surface area (Å²) in [4.78, 5) is 23.9. The first kappa shape index (κ1) is 17.4. The fourth-order valence-electron chi connectivity index (χ4n) is 2.88. The minimum absolute atomic E-state index is 0.170. The SMILES string of the molecule is COCCCNC(=O)c1cc(N2CCCC2)nc(-c2ccccc2)n1. The Hall–Kier alpha value is -2.47. The van der Waals surface area contributed by atoms with Crippen LogP contribution in [-0.4, -0.2) is 49.2 Å². The molecule has 1 saturated heterocycles. The average Bonchev–Trinajstić information content (AvgIpc) is 3.20. The van der Waals surface area contributed by atoms with Crippen LogP contribution >= 0.6 is 0 Å². The zero-order chi connectivity index (χ0) is 17.5. The number of nitrogens with zero attached hydrogens (tertiary/aromatic N) is 3. The van der Waals surface area contributed by atoms with E-state index in [9.17, 15) is 4.79 Å². The van der Waals surface area contributed by atoms with Crippen molar-refractivity contribution in [3.8, 4) is 11.4 Å². The zero-order valence-corrected chi connectivity index (χ0v) is 14.6. The average molecular weight is 340 g/mol. The van der Waals surface area contributed by atoms with Crippen LogP contribution in [0.3, 0.4) is 0 Å². The maximum absolute atomic E-state index is 12.5. The standard InChI is InChI=1S/C19H24N4O2/c1-25-13-7-10-20-19(24)16-14-17(23-11-5-6-12-23)22-18(21-16)15-8-3-2-4-9-15/h2-4,8-9,14H,5-7,10-13H2,1H3,(H,20,24). The van der Waals surface area contributed by atoms with Crippen molar-refractivity contribution in [1.29, 1.82) is 0 Å². The van der Waals surface area contributed by atoms with Crippen molar-refractivity contribution < 1.29 is 9.53 Å². The Morgan fingerprint density at radius 1 is 1.20 bits per heavy atom. The number of methoxy groups -OCH3 is 1. The van der Waals surface area contributed by atoms with E-state index in [1.54, 1.807) is 13.2 Å². The maximum atomic E-state index is 12.5. The van der Waals surface area contributed by atoms with Crippen LogP contribution in [0, 0.1) is 0 Å². The van der Waals surface area contributed by atoms with Gasteiger partial charge in [-0.2, -0.15) is 0 Å². The van der Waals surface area contributed by atoms with Gasteiger partial charge in [-0.05, 0) is 19.3 Å². The molecule has 1 aromatic carbocycles. The van der Waals surface area contributed by atoms with E-state index >= 15 is 0 Å². The molecule has 1 fully saturated rings. The second-order valence-electron chi connectivity index (χ2n) is 6.10. The fourth-order valence-corrected chi connectivity index (χ4v) is 2.88. The largest absolute Gasteiger partial charge is 0.385 e. The zero-order valence-electron chi connectivity index (χ0n) is 14.6. The number of amides is 1. The predicted molar refractivity (Wildman–Crippen MR) is 97.7 cm³/mol. The van der Waals surface area contributed by atoms with E-state index < -0.39 is 0 Å². The fraction of sp³-hybridized carbons (Fsp3) is 0.421. The number of rotatable bonds is 7. The molecule has 25 heavy (non-hydrogen) atoms. The number of carbonyl (C=O) groups excluding carboxylic acids is 1. The lowest BCUT2D eigenvalue weighted by Gasteiger charge is -2.18. The third-order valence-corrected chi connectivity index (χ3v) is 4.22. The highest BCUT2D eigenvalue weighted by Crippen LogP contribution is 2.23. The third-order valence-electron chi connectivity index (χ3n) is 4.22. The Bertz CT molecular complexity index is 700. The van der Waals surface area contributed by atoms with Crippen molar-refractivity contribution in [2.24, 2.45) is 0 Å². The van der Waals surface area contributed by atoms with E-state index in [2.05, 4.69) is 15.2 Å². The topological polar surface area (TPSA) is 67.3 Å². The molecule has 2 heterocycles. The molecule has 1 aliphatic rings. The van der Waals surface area contributed by atoms with E-state index in [1.807, 2.05) is 30.3 Å². The molecule has 2 aromatic rings. The smallest absolute Gasteiger partial charge is 0.270 e. The molecule has 0 bridgehead atoms. The lowest BCUT2D eigenvalue weighted by Crippen LogP contribution is -2.27. The van der Waals surface area contributed by atoms with Crippen molar-refractivity contribution in [2.75, 3.05) is 38.3 Å². The molecule has 0 spiro atoms. The van der Waals surface area contributed by atoms with Gasteiger partial charge in [0.25, 0.3) is 5.91 Å². The minimum atomic E-state index is -0.170. The molecule has 3 rings (SSSR count). The minimum Gasteiger partial charge on any atom is -0.385 e. The number of hydrogen-bond acceptors (Lipinski definition) is 5. The number of benzene rings is 1. The maximum Gasteiger partial charge on any atom is 0.270 e. The molecule has 1 aromatic heterocycles. The molecule has 0 radical (unpaired) electrons. The van der Waals surface area contributed by atoms with Gasteiger partial charge >= 0.3 is 0 Å². The van der Waals surface area contributed by atoms with Crippen molar-refractivity contribution in [2.45, 2.75) is 19.3 Å².